The molecule has 2 N–H and O–H groups in total. The molecule has 0 atom stereocenters. The maximum absolute atomic E-state index is 13.1. The first-order chi connectivity index (χ1) is 17.7. The fourth-order valence-electron chi connectivity index (χ4n) is 3.47. The number of benzene rings is 3. The van der Waals surface area contributed by atoms with E-state index in [0.29, 0.717) is 16.4 Å². The highest BCUT2D eigenvalue weighted by Gasteiger charge is 2.39. The lowest BCUT2D eigenvalue weighted by atomic mass is 10.1. The third-order valence-electron chi connectivity index (χ3n) is 5.24. The molecule has 0 fully saturated rings. The Morgan fingerprint density at radius 2 is 1.62 bits per heavy atom. The SMILES string of the molecule is CCOC(=O)c1ccc(N2C(=O)C(Cl)=C(Nc3cccc(C(=O)Nc4ccc(Cl)cc4Cl)c3)C2=O)cc1. The van der Waals surface area contributed by atoms with Gasteiger partial charge in [0.1, 0.15) is 10.7 Å². The van der Waals surface area contributed by atoms with Crippen LogP contribution in [-0.2, 0) is 14.3 Å². The normalized spacial score (nSPS) is 13.1. The Bertz CT molecular complexity index is 1450. The zero-order valence-corrected chi connectivity index (χ0v) is 21.4. The number of carbonyl (C=O) groups excluding carboxylic acids is 4. The maximum atomic E-state index is 13.1. The van der Waals surface area contributed by atoms with Crippen LogP contribution >= 0.6 is 34.8 Å². The van der Waals surface area contributed by atoms with Crippen molar-refractivity contribution >= 4 is 75.6 Å². The molecule has 1 aliphatic rings. The molecule has 0 saturated carbocycles. The largest absolute Gasteiger partial charge is 0.462 e. The molecule has 0 spiro atoms. The molecule has 11 heteroatoms. The van der Waals surface area contributed by atoms with Gasteiger partial charge in [0, 0.05) is 16.3 Å². The van der Waals surface area contributed by atoms with Crippen LogP contribution in [0.15, 0.2) is 77.5 Å². The zero-order chi connectivity index (χ0) is 26.7. The standard InChI is InChI=1S/C26H18Cl3N3O5/c1-2-37-26(36)14-6-9-18(10-7-14)32-24(34)21(29)22(25(32)35)30-17-5-3-4-15(12-17)23(33)31-20-11-8-16(27)13-19(20)28/h3-13,30H,2H2,1H3,(H,31,33). The number of halogens is 3. The fraction of sp³-hybridized carbons (Fsp3) is 0.0769. The van der Waals surface area contributed by atoms with Crippen LogP contribution in [0.4, 0.5) is 17.1 Å². The molecule has 37 heavy (non-hydrogen) atoms. The molecule has 3 amide bonds. The highest BCUT2D eigenvalue weighted by molar-refractivity contribution is 6.53. The van der Waals surface area contributed by atoms with E-state index < -0.39 is 23.7 Å². The summed E-state index contributed by atoms with van der Waals surface area (Å²) >= 11 is 18.2. The van der Waals surface area contributed by atoms with Crippen molar-refractivity contribution in [3.05, 3.63) is 98.6 Å². The van der Waals surface area contributed by atoms with Crippen LogP contribution in [0.2, 0.25) is 10.0 Å². The highest BCUT2D eigenvalue weighted by atomic mass is 35.5. The third kappa shape index (κ3) is 5.61. The second-order valence-corrected chi connectivity index (χ2v) is 8.91. The topological polar surface area (TPSA) is 105 Å². The number of ether oxygens (including phenoxy) is 1. The molecular weight excluding hydrogens is 541 g/mol. The number of amides is 3. The molecule has 0 aliphatic carbocycles. The molecule has 1 heterocycles. The molecular formula is C26H18Cl3N3O5. The quantitative estimate of drug-likeness (QED) is 0.278. The molecule has 0 saturated heterocycles. The minimum Gasteiger partial charge on any atom is -0.462 e. The Kier molecular flexibility index (Phi) is 7.83. The van der Waals surface area contributed by atoms with Crippen LogP contribution in [-0.4, -0.2) is 30.3 Å². The van der Waals surface area contributed by atoms with Gasteiger partial charge in [-0.25, -0.2) is 9.69 Å². The van der Waals surface area contributed by atoms with Crippen molar-refractivity contribution in [2.75, 3.05) is 22.1 Å². The van der Waals surface area contributed by atoms with Crippen molar-refractivity contribution < 1.29 is 23.9 Å². The van der Waals surface area contributed by atoms with Gasteiger partial charge in [-0.05, 0) is 67.6 Å². The Morgan fingerprint density at radius 3 is 2.30 bits per heavy atom. The highest BCUT2D eigenvalue weighted by Crippen LogP contribution is 2.31. The number of hydrogen-bond acceptors (Lipinski definition) is 6. The number of imide groups is 1. The van der Waals surface area contributed by atoms with E-state index in [2.05, 4.69) is 10.6 Å². The van der Waals surface area contributed by atoms with Crippen LogP contribution < -0.4 is 15.5 Å². The lowest BCUT2D eigenvalue weighted by Gasteiger charge is -2.15. The Balaban J connectivity index is 1.51. The average Bonchev–Trinajstić information content (AvgIpc) is 3.09. The van der Waals surface area contributed by atoms with E-state index in [9.17, 15) is 19.2 Å². The van der Waals surface area contributed by atoms with Gasteiger partial charge < -0.3 is 15.4 Å². The Hall–Kier alpha value is -3.85. The van der Waals surface area contributed by atoms with Crippen LogP contribution in [0.25, 0.3) is 0 Å². The molecule has 188 valence electrons. The molecule has 3 aromatic carbocycles. The summed E-state index contributed by atoms with van der Waals surface area (Å²) in [5, 5.41) is 5.91. The zero-order valence-electron chi connectivity index (χ0n) is 19.2. The molecule has 0 radical (unpaired) electrons. The smallest absolute Gasteiger partial charge is 0.338 e. The van der Waals surface area contributed by atoms with Crippen molar-refractivity contribution in [1.82, 2.24) is 0 Å². The van der Waals surface area contributed by atoms with Gasteiger partial charge in [0.2, 0.25) is 0 Å². The van der Waals surface area contributed by atoms with Crippen molar-refractivity contribution in [1.29, 1.82) is 0 Å². The molecule has 0 unspecified atom stereocenters. The molecule has 3 aromatic rings. The summed E-state index contributed by atoms with van der Waals surface area (Å²) in [6, 6.07) is 16.7. The average molecular weight is 559 g/mol. The first-order valence-corrected chi connectivity index (χ1v) is 12.0. The number of nitrogens with zero attached hydrogens (tertiary/aromatic N) is 1. The Morgan fingerprint density at radius 1 is 0.892 bits per heavy atom. The van der Waals surface area contributed by atoms with E-state index in [1.807, 2.05) is 0 Å². The summed E-state index contributed by atoms with van der Waals surface area (Å²) < 4.78 is 4.94. The number of rotatable bonds is 7. The summed E-state index contributed by atoms with van der Waals surface area (Å²) in [5.74, 6) is -2.40. The Labute approximate surface area is 226 Å². The second kappa shape index (κ2) is 11.0. The van der Waals surface area contributed by atoms with Gasteiger partial charge in [0.25, 0.3) is 17.7 Å². The number of esters is 1. The summed E-state index contributed by atoms with van der Waals surface area (Å²) in [4.78, 5) is 51.4. The maximum Gasteiger partial charge on any atom is 0.338 e. The van der Waals surface area contributed by atoms with Gasteiger partial charge in [0.05, 0.1) is 28.6 Å². The van der Waals surface area contributed by atoms with Gasteiger partial charge in [-0.1, -0.05) is 40.9 Å². The van der Waals surface area contributed by atoms with E-state index in [0.717, 1.165) is 4.90 Å². The minimum absolute atomic E-state index is 0.153. The van der Waals surface area contributed by atoms with Crippen molar-refractivity contribution in [2.24, 2.45) is 0 Å². The van der Waals surface area contributed by atoms with E-state index in [4.69, 9.17) is 39.5 Å². The van der Waals surface area contributed by atoms with E-state index >= 15 is 0 Å². The lowest BCUT2D eigenvalue weighted by molar-refractivity contribution is -0.120. The number of carbonyl (C=O) groups is 4. The molecule has 1 aliphatic heterocycles. The van der Waals surface area contributed by atoms with E-state index in [1.54, 1.807) is 37.3 Å². The summed E-state index contributed by atoms with van der Waals surface area (Å²) in [5.41, 5.74) is 1.34. The fourth-order valence-corrected chi connectivity index (χ4v) is 4.14. The minimum atomic E-state index is -0.732. The predicted molar refractivity (Wildman–Crippen MR) is 142 cm³/mol. The number of hydrogen-bond donors (Lipinski definition) is 2. The second-order valence-electron chi connectivity index (χ2n) is 7.69. The van der Waals surface area contributed by atoms with Gasteiger partial charge in [-0.2, -0.15) is 0 Å². The first kappa shape index (κ1) is 26.2. The van der Waals surface area contributed by atoms with Gasteiger partial charge in [-0.15, -0.1) is 0 Å². The molecule has 8 nitrogen and oxygen atoms in total. The third-order valence-corrected chi connectivity index (χ3v) is 6.14. The van der Waals surface area contributed by atoms with Crippen LogP contribution in [0.5, 0.6) is 0 Å². The number of anilines is 3. The lowest BCUT2D eigenvalue weighted by Crippen LogP contribution is -2.32. The van der Waals surface area contributed by atoms with Gasteiger partial charge in [-0.3, -0.25) is 14.4 Å². The molecule has 0 aromatic heterocycles. The first-order valence-electron chi connectivity index (χ1n) is 10.9. The molecule has 0 bridgehead atoms. The van der Waals surface area contributed by atoms with Gasteiger partial charge >= 0.3 is 5.97 Å². The van der Waals surface area contributed by atoms with Crippen molar-refractivity contribution in [2.45, 2.75) is 6.92 Å². The molecule has 4 rings (SSSR count). The van der Waals surface area contributed by atoms with Crippen molar-refractivity contribution in [3.63, 3.8) is 0 Å². The summed E-state index contributed by atoms with van der Waals surface area (Å²) in [6.07, 6.45) is 0. The van der Waals surface area contributed by atoms with Gasteiger partial charge in [0.15, 0.2) is 0 Å². The number of nitrogens with one attached hydrogen (secondary N) is 2. The predicted octanol–water partition coefficient (Wildman–Crippen LogP) is 5.86. The van der Waals surface area contributed by atoms with Crippen LogP contribution in [0, 0.1) is 0 Å². The van der Waals surface area contributed by atoms with E-state index in [-0.39, 0.29) is 39.2 Å². The van der Waals surface area contributed by atoms with E-state index in [1.165, 1.54) is 36.4 Å². The van der Waals surface area contributed by atoms with Crippen LogP contribution in [0.1, 0.15) is 27.6 Å². The summed E-state index contributed by atoms with van der Waals surface area (Å²) in [7, 11) is 0. The van der Waals surface area contributed by atoms with Crippen molar-refractivity contribution in [3.8, 4) is 0 Å². The van der Waals surface area contributed by atoms with Crippen LogP contribution in [0.3, 0.4) is 0 Å². The summed E-state index contributed by atoms with van der Waals surface area (Å²) in [6.45, 7) is 1.91. The monoisotopic (exact) mass is 557 g/mol.